The summed E-state index contributed by atoms with van der Waals surface area (Å²) in [6.45, 7) is 2.62. The van der Waals surface area contributed by atoms with E-state index in [2.05, 4.69) is 0 Å². The maximum absolute atomic E-state index is 10.2. The molecule has 4 heteroatoms. The third-order valence-electron chi connectivity index (χ3n) is 2.35. The fourth-order valence-electron chi connectivity index (χ4n) is 1.71. The second kappa shape index (κ2) is 2.19. The van der Waals surface area contributed by atoms with Gasteiger partial charge in [0.2, 0.25) is 0 Å². The van der Waals surface area contributed by atoms with Gasteiger partial charge in [-0.25, -0.2) is 0 Å². The molecule has 2 heterocycles. The summed E-state index contributed by atoms with van der Waals surface area (Å²) >= 11 is 0. The second-order valence-electron chi connectivity index (χ2n) is 3.32. The minimum atomic E-state index is -0.751. The molecule has 2 aliphatic rings. The number of carboxylic acids is 1. The van der Waals surface area contributed by atoms with Crippen LogP contribution in [0.15, 0.2) is 0 Å². The Bertz CT molecular complexity index is 180. The second-order valence-corrected chi connectivity index (χ2v) is 3.32. The number of hydrogen-bond acceptors (Lipinski definition) is 3. The first-order valence-corrected chi connectivity index (χ1v) is 3.78. The average Bonchev–Trinajstić information content (AvgIpc) is 1.71. The highest BCUT2D eigenvalue weighted by molar-refractivity contribution is 5.69. The molecule has 0 saturated carbocycles. The van der Waals surface area contributed by atoms with Crippen LogP contribution in [0.4, 0.5) is 0 Å². The standard InChI is InChI=1S/C7H11NO3/c9-6(10)3-8-4-7(5-8)1-2-11-7/h1-5H2,(H,9,10). The number of carboxylic acid groups (broad SMARTS) is 1. The van der Waals surface area contributed by atoms with E-state index in [1.807, 2.05) is 4.90 Å². The van der Waals surface area contributed by atoms with Gasteiger partial charge in [0.15, 0.2) is 0 Å². The Morgan fingerprint density at radius 2 is 2.27 bits per heavy atom. The van der Waals surface area contributed by atoms with Gasteiger partial charge in [-0.3, -0.25) is 9.69 Å². The maximum Gasteiger partial charge on any atom is 0.317 e. The molecular formula is C7H11NO3. The van der Waals surface area contributed by atoms with Gasteiger partial charge in [-0.2, -0.15) is 0 Å². The van der Waals surface area contributed by atoms with Crippen LogP contribution in [0, 0.1) is 0 Å². The van der Waals surface area contributed by atoms with E-state index in [0.717, 1.165) is 26.1 Å². The Morgan fingerprint density at radius 1 is 1.64 bits per heavy atom. The van der Waals surface area contributed by atoms with Crippen molar-refractivity contribution in [3.05, 3.63) is 0 Å². The number of ether oxygens (including phenoxy) is 1. The summed E-state index contributed by atoms with van der Waals surface area (Å²) < 4.78 is 5.33. The fraction of sp³-hybridized carbons (Fsp3) is 0.857. The van der Waals surface area contributed by atoms with Crippen molar-refractivity contribution in [3.63, 3.8) is 0 Å². The summed E-state index contributed by atoms with van der Waals surface area (Å²) in [6, 6.07) is 0. The summed E-state index contributed by atoms with van der Waals surface area (Å²) in [5.74, 6) is -0.751. The van der Waals surface area contributed by atoms with Gasteiger partial charge >= 0.3 is 5.97 Å². The van der Waals surface area contributed by atoms with Crippen molar-refractivity contribution >= 4 is 5.97 Å². The summed E-state index contributed by atoms with van der Waals surface area (Å²) in [5, 5.41) is 8.43. The highest BCUT2D eigenvalue weighted by Gasteiger charge is 2.49. The normalized spacial score (nSPS) is 27.6. The molecule has 2 saturated heterocycles. The average molecular weight is 157 g/mol. The van der Waals surface area contributed by atoms with Crippen LogP contribution in [0.5, 0.6) is 0 Å². The summed E-state index contributed by atoms with van der Waals surface area (Å²) in [4.78, 5) is 12.1. The topological polar surface area (TPSA) is 49.8 Å². The van der Waals surface area contributed by atoms with Crippen molar-refractivity contribution in [2.75, 3.05) is 26.2 Å². The van der Waals surface area contributed by atoms with Crippen LogP contribution >= 0.6 is 0 Å². The van der Waals surface area contributed by atoms with Gasteiger partial charge in [0.25, 0.3) is 0 Å². The molecule has 0 bridgehead atoms. The van der Waals surface area contributed by atoms with E-state index in [1.54, 1.807) is 0 Å². The summed E-state index contributed by atoms with van der Waals surface area (Å²) in [7, 11) is 0. The van der Waals surface area contributed by atoms with Crippen LogP contribution in [-0.4, -0.2) is 47.8 Å². The first-order valence-electron chi connectivity index (χ1n) is 3.78. The highest BCUT2D eigenvalue weighted by Crippen LogP contribution is 2.35. The van der Waals surface area contributed by atoms with E-state index >= 15 is 0 Å². The molecule has 62 valence electrons. The number of likely N-dealkylation sites (tertiary alicyclic amines) is 1. The van der Waals surface area contributed by atoms with E-state index in [0.29, 0.717) is 0 Å². The lowest BCUT2D eigenvalue weighted by Gasteiger charge is -2.54. The smallest absolute Gasteiger partial charge is 0.317 e. The van der Waals surface area contributed by atoms with E-state index in [1.165, 1.54) is 0 Å². The Hall–Kier alpha value is -0.610. The van der Waals surface area contributed by atoms with Gasteiger partial charge in [-0.15, -0.1) is 0 Å². The molecule has 4 nitrogen and oxygen atoms in total. The first-order chi connectivity index (χ1) is 5.20. The van der Waals surface area contributed by atoms with Crippen molar-refractivity contribution in [1.82, 2.24) is 4.90 Å². The van der Waals surface area contributed by atoms with Gasteiger partial charge < -0.3 is 9.84 Å². The van der Waals surface area contributed by atoms with E-state index in [9.17, 15) is 4.79 Å². The van der Waals surface area contributed by atoms with Crippen LogP contribution in [0.25, 0.3) is 0 Å². The number of carbonyl (C=O) groups is 1. The van der Waals surface area contributed by atoms with Gasteiger partial charge in [0.1, 0.15) is 0 Å². The molecule has 2 aliphatic heterocycles. The van der Waals surface area contributed by atoms with Crippen LogP contribution < -0.4 is 0 Å². The Labute approximate surface area is 64.7 Å². The van der Waals surface area contributed by atoms with Gasteiger partial charge in [0, 0.05) is 19.5 Å². The van der Waals surface area contributed by atoms with E-state index < -0.39 is 5.97 Å². The molecular weight excluding hydrogens is 146 g/mol. The zero-order valence-electron chi connectivity index (χ0n) is 6.25. The SMILES string of the molecule is O=C(O)CN1CC2(CCO2)C1. The van der Waals surface area contributed by atoms with E-state index in [-0.39, 0.29) is 12.1 Å². The summed E-state index contributed by atoms with van der Waals surface area (Å²) in [6.07, 6.45) is 1.10. The number of aliphatic carboxylic acids is 1. The van der Waals surface area contributed by atoms with Crippen molar-refractivity contribution in [2.45, 2.75) is 12.0 Å². The van der Waals surface area contributed by atoms with Crippen molar-refractivity contribution in [2.24, 2.45) is 0 Å². The number of nitrogens with zero attached hydrogens (tertiary/aromatic N) is 1. The molecule has 11 heavy (non-hydrogen) atoms. The molecule has 1 N–H and O–H groups in total. The molecule has 1 spiro atoms. The van der Waals surface area contributed by atoms with Gasteiger partial charge in [-0.05, 0) is 0 Å². The molecule has 0 aromatic rings. The predicted octanol–water partition coefficient (Wildman–Crippen LogP) is -0.454. The molecule has 2 rings (SSSR count). The highest BCUT2D eigenvalue weighted by atomic mass is 16.5. The Balaban J connectivity index is 1.75. The molecule has 0 unspecified atom stereocenters. The number of rotatable bonds is 2. The van der Waals surface area contributed by atoms with Crippen LogP contribution in [0.3, 0.4) is 0 Å². The molecule has 0 amide bonds. The van der Waals surface area contributed by atoms with Crippen molar-refractivity contribution < 1.29 is 14.6 Å². The van der Waals surface area contributed by atoms with Crippen molar-refractivity contribution in [3.8, 4) is 0 Å². The first kappa shape index (κ1) is 7.06. The third-order valence-corrected chi connectivity index (χ3v) is 2.35. The Kier molecular flexibility index (Phi) is 1.40. The lowest BCUT2D eigenvalue weighted by atomic mass is 9.86. The lowest BCUT2D eigenvalue weighted by molar-refractivity contribution is -0.222. The van der Waals surface area contributed by atoms with Crippen LogP contribution in [0.1, 0.15) is 6.42 Å². The molecule has 0 aliphatic carbocycles. The van der Waals surface area contributed by atoms with Gasteiger partial charge in [0.05, 0.1) is 18.8 Å². The molecule has 0 aromatic carbocycles. The number of hydrogen-bond donors (Lipinski definition) is 1. The minimum Gasteiger partial charge on any atom is -0.480 e. The zero-order chi connectivity index (χ0) is 7.90. The quantitative estimate of drug-likeness (QED) is 0.589. The van der Waals surface area contributed by atoms with Gasteiger partial charge in [-0.1, -0.05) is 0 Å². The largest absolute Gasteiger partial charge is 0.480 e. The van der Waals surface area contributed by atoms with Crippen molar-refractivity contribution in [1.29, 1.82) is 0 Å². The third kappa shape index (κ3) is 1.12. The van der Waals surface area contributed by atoms with Crippen LogP contribution in [0.2, 0.25) is 0 Å². The molecule has 0 atom stereocenters. The van der Waals surface area contributed by atoms with Crippen LogP contribution in [-0.2, 0) is 9.53 Å². The lowest BCUT2D eigenvalue weighted by Crippen LogP contribution is -2.68. The zero-order valence-corrected chi connectivity index (χ0v) is 6.25. The Morgan fingerprint density at radius 3 is 2.64 bits per heavy atom. The minimum absolute atomic E-state index is 0.0649. The predicted molar refractivity (Wildman–Crippen MR) is 37.4 cm³/mol. The molecule has 0 aromatic heterocycles. The maximum atomic E-state index is 10.2. The molecule has 0 radical (unpaired) electrons. The monoisotopic (exact) mass is 157 g/mol. The molecule has 2 fully saturated rings. The summed E-state index contributed by atoms with van der Waals surface area (Å²) in [5.41, 5.74) is 0.0649. The fourth-order valence-corrected chi connectivity index (χ4v) is 1.71. The van der Waals surface area contributed by atoms with E-state index in [4.69, 9.17) is 9.84 Å².